The lowest BCUT2D eigenvalue weighted by Crippen LogP contribution is -2.11. The molecule has 3 heteroatoms. The third kappa shape index (κ3) is 3.95. The Balaban J connectivity index is 2.32. The van der Waals surface area contributed by atoms with Crippen molar-refractivity contribution in [2.24, 2.45) is 0 Å². The maximum absolute atomic E-state index is 5.59. The van der Waals surface area contributed by atoms with Gasteiger partial charge in [-0.2, -0.15) is 0 Å². The summed E-state index contributed by atoms with van der Waals surface area (Å²) in [5.41, 5.74) is 0. The lowest BCUT2D eigenvalue weighted by Gasteiger charge is -2.07. The third-order valence-electron chi connectivity index (χ3n) is 1.67. The molecular formula is C10H14INO. The molecule has 2 nitrogen and oxygen atoms in total. The minimum Gasteiger partial charge on any atom is -0.492 e. The fraction of sp³-hybridized carbons (Fsp3) is 0.400. The van der Waals surface area contributed by atoms with Crippen LogP contribution in [0.2, 0.25) is 0 Å². The predicted molar refractivity (Wildman–Crippen MR) is 63.2 cm³/mol. The average molecular weight is 291 g/mol. The molecule has 0 atom stereocenters. The number of halogens is 1. The number of benzene rings is 1. The van der Waals surface area contributed by atoms with Crippen LogP contribution in [0.15, 0.2) is 24.3 Å². The highest BCUT2D eigenvalue weighted by molar-refractivity contribution is 14.1. The van der Waals surface area contributed by atoms with Gasteiger partial charge in [0, 0.05) is 0 Å². The molecule has 1 rings (SSSR count). The molecule has 1 aromatic rings. The zero-order valence-corrected chi connectivity index (χ0v) is 9.87. The number of hydrogen-bond donors (Lipinski definition) is 1. The van der Waals surface area contributed by atoms with Crippen LogP contribution in [0, 0.1) is 3.57 Å². The first-order chi connectivity index (χ1) is 6.34. The second kappa shape index (κ2) is 6.21. The van der Waals surface area contributed by atoms with Crippen LogP contribution in [0.4, 0.5) is 0 Å². The largest absolute Gasteiger partial charge is 0.492 e. The summed E-state index contributed by atoms with van der Waals surface area (Å²) in [6, 6.07) is 8.06. The molecule has 0 bridgehead atoms. The van der Waals surface area contributed by atoms with Crippen LogP contribution >= 0.6 is 22.6 Å². The minimum absolute atomic E-state index is 0.779. The predicted octanol–water partition coefficient (Wildman–Crippen LogP) is 2.28. The van der Waals surface area contributed by atoms with Gasteiger partial charge in [-0.25, -0.2) is 0 Å². The van der Waals surface area contributed by atoms with Gasteiger partial charge in [-0.05, 0) is 54.7 Å². The van der Waals surface area contributed by atoms with Crippen LogP contribution in [0.25, 0.3) is 0 Å². The van der Waals surface area contributed by atoms with E-state index < -0.39 is 0 Å². The number of hydrogen-bond acceptors (Lipinski definition) is 2. The summed E-state index contributed by atoms with van der Waals surface area (Å²) in [5, 5.41) is 3.09. The van der Waals surface area contributed by atoms with E-state index in [4.69, 9.17) is 4.74 Å². The summed E-state index contributed by atoms with van der Waals surface area (Å²) >= 11 is 2.28. The quantitative estimate of drug-likeness (QED) is 0.664. The molecular weight excluding hydrogens is 277 g/mol. The molecule has 0 aliphatic rings. The van der Waals surface area contributed by atoms with Gasteiger partial charge >= 0.3 is 0 Å². The van der Waals surface area contributed by atoms with Crippen LogP contribution < -0.4 is 10.1 Å². The molecule has 0 amide bonds. The standard InChI is InChI=1S/C10H14INO/c1-12-7-4-8-13-10-6-3-2-5-9(10)11/h2-3,5-6,12H,4,7-8H2,1H3. The van der Waals surface area contributed by atoms with Crippen molar-refractivity contribution >= 4 is 22.6 Å². The Bertz CT molecular complexity index is 252. The molecule has 0 aliphatic heterocycles. The first-order valence-corrected chi connectivity index (χ1v) is 5.44. The van der Waals surface area contributed by atoms with Gasteiger partial charge in [0.25, 0.3) is 0 Å². The smallest absolute Gasteiger partial charge is 0.132 e. The van der Waals surface area contributed by atoms with Gasteiger partial charge in [-0.15, -0.1) is 0 Å². The normalized spacial score (nSPS) is 10.0. The summed E-state index contributed by atoms with van der Waals surface area (Å²) in [7, 11) is 1.95. The summed E-state index contributed by atoms with van der Waals surface area (Å²) in [6.07, 6.45) is 1.04. The second-order valence-electron chi connectivity index (χ2n) is 2.74. The summed E-state index contributed by atoms with van der Waals surface area (Å²) in [6.45, 7) is 1.78. The van der Waals surface area contributed by atoms with Crippen LogP contribution in [-0.4, -0.2) is 20.2 Å². The van der Waals surface area contributed by atoms with E-state index in [0.29, 0.717) is 0 Å². The topological polar surface area (TPSA) is 21.3 Å². The third-order valence-corrected chi connectivity index (χ3v) is 2.56. The molecule has 0 saturated heterocycles. The van der Waals surface area contributed by atoms with Crippen molar-refractivity contribution in [2.75, 3.05) is 20.2 Å². The highest BCUT2D eigenvalue weighted by Gasteiger charge is 1.97. The average Bonchev–Trinajstić information content (AvgIpc) is 2.15. The fourth-order valence-electron chi connectivity index (χ4n) is 0.993. The van der Waals surface area contributed by atoms with Crippen LogP contribution in [0.5, 0.6) is 5.75 Å². The first-order valence-electron chi connectivity index (χ1n) is 4.36. The van der Waals surface area contributed by atoms with E-state index in [9.17, 15) is 0 Å². The molecule has 0 spiro atoms. The monoisotopic (exact) mass is 291 g/mol. The maximum atomic E-state index is 5.59. The van der Waals surface area contributed by atoms with Crippen molar-refractivity contribution in [2.45, 2.75) is 6.42 Å². The van der Waals surface area contributed by atoms with E-state index in [0.717, 1.165) is 25.3 Å². The van der Waals surface area contributed by atoms with Crippen molar-refractivity contribution < 1.29 is 4.74 Å². The van der Waals surface area contributed by atoms with Crippen molar-refractivity contribution in [3.05, 3.63) is 27.8 Å². The molecule has 0 radical (unpaired) electrons. The van der Waals surface area contributed by atoms with E-state index in [-0.39, 0.29) is 0 Å². The van der Waals surface area contributed by atoms with Crippen LogP contribution in [-0.2, 0) is 0 Å². The number of rotatable bonds is 5. The molecule has 0 saturated carbocycles. The molecule has 1 N–H and O–H groups in total. The molecule has 13 heavy (non-hydrogen) atoms. The Morgan fingerprint density at radius 1 is 1.38 bits per heavy atom. The highest BCUT2D eigenvalue weighted by atomic mass is 127. The van der Waals surface area contributed by atoms with E-state index in [1.54, 1.807) is 0 Å². The van der Waals surface area contributed by atoms with Crippen molar-refractivity contribution in [1.29, 1.82) is 0 Å². The number of nitrogens with one attached hydrogen (secondary N) is 1. The van der Waals surface area contributed by atoms with Gasteiger partial charge in [-0.3, -0.25) is 0 Å². The Morgan fingerprint density at radius 2 is 2.15 bits per heavy atom. The van der Waals surface area contributed by atoms with E-state index >= 15 is 0 Å². The molecule has 0 fully saturated rings. The lowest BCUT2D eigenvalue weighted by atomic mass is 10.3. The van der Waals surface area contributed by atoms with E-state index in [2.05, 4.69) is 27.9 Å². The number of para-hydroxylation sites is 1. The molecule has 0 unspecified atom stereocenters. The Kier molecular flexibility index (Phi) is 5.15. The van der Waals surface area contributed by atoms with Crippen molar-refractivity contribution in [3.8, 4) is 5.75 Å². The van der Waals surface area contributed by atoms with Crippen LogP contribution in [0.3, 0.4) is 0 Å². The maximum Gasteiger partial charge on any atom is 0.132 e. The fourth-order valence-corrected chi connectivity index (χ4v) is 1.54. The van der Waals surface area contributed by atoms with Crippen LogP contribution in [0.1, 0.15) is 6.42 Å². The van der Waals surface area contributed by atoms with Gasteiger partial charge in [0.2, 0.25) is 0 Å². The second-order valence-corrected chi connectivity index (χ2v) is 3.90. The first kappa shape index (κ1) is 10.8. The van der Waals surface area contributed by atoms with E-state index in [1.807, 2.05) is 31.3 Å². The summed E-state index contributed by atoms with van der Waals surface area (Å²) < 4.78 is 6.76. The SMILES string of the molecule is CNCCCOc1ccccc1I. The Morgan fingerprint density at radius 3 is 2.85 bits per heavy atom. The zero-order chi connectivity index (χ0) is 9.52. The highest BCUT2D eigenvalue weighted by Crippen LogP contribution is 2.19. The summed E-state index contributed by atoms with van der Waals surface area (Å²) in [5.74, 6) is 0.985. The molecule has 72 valence electrons. The van der Waals surface area contributed by atoms with Gasteiger partial charge in [0.05, 0.1) is 10.2 Å². The van der Waals surface area contributed by atoms with Crippen molar-refractivity contribution in [1.82, 2.24) is 5.32 Å². The molecule has 0 heterocycles. The molecule has 0 aromatic heterocycles. The molecule has 0 aliphatic carbocycles. The van der Waals surface area contributed by atoms with Gasteiger partial charge in [-0.1, -0.05) is 12.1 Å². The lowest BCUT2D eigenvalue weighted by molar-refractivity contribution is 0.308. The van der Waals surface area contributed by atoms with Gasteiger partial charge < -0.3 is 10.1 Å². The zero-order valence-electron chi connectivity index (χ0n) is 7.72. The van der Waals surface area contributed by atoms with Gasteiger partial charge in [0.15, 0.2) is 0 Å². The summed E-state index contributed by atoms with van der Waals surface area (Å²) in [4.78, 5) is 0. The van der Waals surface area contributed by atoms with Crippen molar-refractivity contribution in [3.63, 3.8) is 0 Å². The van der Waals surface area contributed by atoms with Gasteiger partial charge in [0.1, 0.15) is 5.75 Å². The minimum atomic E-state index is 0.779. The number of ether oxygens (including phenoxy) is 1. The Labute approximate surface area is 92.8 Å². The van der Waals surface area contributed by atoms with E-state index in [1.165, 1.54) is 3.57 Å². The molecule has 1 aromatic carbocycles. The Hall–Kier alpha value is -0.290.